The first kappa shape index (κ1) is 17.7. The van der Waals surface area contributed by atoms with Gasteiger partial charge in [0, 0.05) is 6.42 Å². The van der Waals surface area contributed by atoms with Crippen molar-refractivity contribution in [3.05, 3.63) is 68.1 Å². The molecule has 24 heavy (non-hydrogen) atoms. The number of allylic oxidation sites excluding steroid dienone is 2. The molecule has 2 aliphatic carbocycles. The fraction of sp³-hybridized carbons (Fsp3) is 0.333. The lowest BCUT2D eigenvalue weighted by Crippen LogP contribution is -2.22. The Labute approximate surface area is 157 Å². The standard InChI is InChI=1S/C18H17Cl2NO2.ClH/c19-12-3-1-10(7-13(12)20)18-11-8-15(23)17-14(22)4-2-9(16(11)17)5-6-21-18;/h1,3,7-9,18,21-23H,2,4-6H2;1H/t9-,18-;/m1./s1. The fourth-order valence-corrected chi connectivity index (χ4v) is 4.24. The van der Waals surface area contributed by atoms with Gasteiger partial charge in [-0.1, -0.05) is 29.3 Å². The summed E-state index contributed by atoms with van der Waals surface area (Å²) in [4.78, 5) is 0. The first-order valence-corrected chi connectivity index (χ1v) is 8.57. The minimum Gasteiger partial charge on any atom is -0.512 e. The van der Waals surface area contributed by atoms with Crippen LogP contribution in [-0.4, -0.2) is 16.8 Å². The number of hydrogen-bond acceptors (Lipinski definition) is 3. The maximum absolute atomic E-state index is 10.3. The molecular weight excluding hydrogens is 369 g/mol. The van der Waals surface area contributed by atoms with Gasteiger partial charge in [-0.05, 0) is 60.2 Å². The Bertz CT molecular complexity index is 782. The minimum atomic E-state index is -0.0599. The molecule has 3 aliphatic rings. The number of benzene rings is 1. The molecule has 0 radical (unpaired) electrons. The highest BCUT2D eigenvalue weighted by atomic mass is 35.5. The zero-order valence-electron chi connectivity index (χ0n) is 12.9. The van der Waals surface area contributed by atoms with E-state index in [2.05, 4.69) is 5.32 Å². The molecule has 3 nitrogen and oxygen atoms in total. The van der Waals surface area contributed by atoms with E-state index < -0.39 is 0 Å². The Hall–Kier alpha value is -1.13. The summed E-state index contributed by atoms with van der Waals surface area (Å²) in [5.74, 6) is 0.845. The Morgan fingerprint density at radius 2 is 1.88 bits per heavy atom. The number of rotatable bonds is 1. The van der Waals surface area contributed by atoms with Gasteiger partial charge in [0.05, 0.1) is 21.7 Å². The highest BCUT2D eigenvalue weighted by molar-refractivity contribution is 6.42. The van der Waals surface area contributed by atoms with E-state index in [9.17, 15) is 10.2 Å². The van der Waals surface area contributed by atoms with Crippen LogP contribution in [0.1, 0.15) is 30.9 Å². The molecule has 1 aromatic carbocycles. The molecule has 0 amide bonds. The van der Waals surface area contributed by atoms with E-state index in [1.165, 1.54) is 0 Å². The first-order chi connectivity index (χ1) is 11.1. The topological polar surface area (TPSA) is 52.5 Å². The Morgan fingerprint density at radius 3 is 2.62 bits per heavy atom. The molecule has 3 N–H and O–H groups in total. The van der Waals surface area contributed by atoms with Crippen LogP contribution in [0.15, 0.2) is 52.5 Å². The Balaban J connectivity index is 0.00000169. The Morgan fingerprint density at radius 1 is 1.08 bits per heavy atom. The lowest BCUT2D eigenvalue weighted by Gasteiger charge is -2.25. The predicted octanol–water partition coefficient (Wildman–Crippen LogP) is 5.42. The molecule has 0 saturated heterocycles. The molecule has 1 aliphatic heterocycles. The second-order valence-electron chi connectivity index (χ2n) is 6.31. The third kappa shape index (κ3) is 2.74. The lowest BCUT2D eigenvalue weighted by atomic mass is 9.80. The molecular formula is C18H18Cl3NO2. The van der Waals surface area contributed by atoms with Gasteiger partial charge in [0.25, 0.3) is 0 Å². The normalized spacial score (nSPS) is 25.8. The van der Waals surface area contributed by atoms with Crippen LogP contribution >= 0.6 is 35.6 Å². The third-order valence-electron chi connectivity index (χ3n) is 4.98. The van der Waals surface area contributed by atoms with Crippen molar-refractivity contribution >= 4 is 35.6 Å². The zero-order chi connectivity index (χ0) is 16.1. The van der Waals surface area contributed by atoms with E-state index in [4.69, 9.17) is 23.2 Å². The van der Waals surface area contributed by atoms with E-state index in [0.29, 0.717) is 33.7 Å². The number of nitrogens with one attached hydrogen (secondary N) is 1. The van der Waals surface area contributed by atoms with Gasteiger partial charge in [-0.3, -0.25) is 0 Å². The summed E-state index contributed by atoms with van der Waals surface area (Å²) in [5.41, 5.74) is 3.78. The number of hydrogen-bond donors (Lipinski definition) is 3. The van der Waals surface area contributed by atoms with Crippen molar-refractivity contribution in [3.8, 4) is 0 Å². The molecule has 1 aromatic rings. The minimum absolute atomic E-state index is 0. The van der Waals surface area contributed by atoms with E-state index in [0.717, 1.165) is 36.1 Å². The molecule has 0 bridgehead atoms. The van der Waals surface area contributed by atoms with Gasteiger partial charge < -0.3 is 15.5 Å². The van der Waals surface area contributed by atoms with Gasteiger partial charge in [0.1, 0.15) is 11.5 Å². The second kappa shape index (κ2) is 6.64. The molecule has 0 spiro atoms. The first-order valence-electron chi connectivity index (χ1n) is 7.82. The predicted molar refractivity (Wildman–Crippen MR) is 99.2 cm³/mol. The molecule has 0 unspecified atom stereocenters. The quantitative estimate of drug-likeness (QED) is 0.603. The molecule has 4 rings (SSSR count). The van der Waals surface area contributed by atoms with Crippen LogP contribution in [0.3, 0.4) is 0 Å². The van der Waals surface area contributed by atoms with Crippen LogP contribution in [0, 0.1) is 5.92 Å². The van der Waals surface area contributed by atoms with Crippen molar-refractivity contribution in [3.63, 3.8) is 0 Å². The van der Waals surface area contributed by atoms with Crippen molar-refractivity contribution < 1.29 is 10.2 Å². The van der Waals surface area contributed by atoms with Gasteiger partial charge in [-0.25, -0.2) is 0 Å². The monoisotopic (exact) mass is 385 g/mol. The molecule has 0 aromatic heterocycles. The summed E-state index contributed by atoms with van der Waals surface area (Å²) in [5, 5.41) is 25.1. The zero-order valence-corrected chi connectivity index (χ0v) is 15.2. The summed E-state index contributed by atoms with van der Waals surface area (Å²) < 4.78 is 0. The summed E-state index contributed by atoms with van der Waals surface area (Å²) >= 11 is 12.2. The number of aliphatic hydroxyl groups excluding tert-OH is 2. The Kier molecular flexibility index (Phi) is 4.89. The number of aliphatic hydroxyl groups is 2. The molecule has 2 atom stereocenters. The molecule has 0 saturated carbocycles. The van der Waals surface area contributed by atoms with Crippen molar-refractivity contribution in [2.24, 2.45) is 5.92 Å². The SMILES string of the molecule is Cl.OC1=CC2=C3C1=C(O)CC[C@@H]3CCN[C@@H]2c1ccc(Cl)c(Cl)c1. The van der Waals surface area contributed by atoms with Crippen molar-refractivity contribution in [2.45, 2.75) is 25.3 Å². The van der Waals surface area contributed by atoms with E-state index in [1.54, 1.807) is 12.1 Å². The summed E-state index contributed by atoms with van der Waals surface area (Å²) in [6.45, 7) is 0.880. The van der Waals surface area contributed by atoms with Gasteiger partial charge in [0.2, 0.25) is 0 Å². The van der Waals surface area contributed by atoms with Gasteiger partial charge in [-0.2, -0.15) is 0 Å². The third-order valence-corrected chi connectivity index (χ3v) is 5.72. The number of halogens is 3. The van der Waals surface area contributed by atoms with Crippen LogP contribution in [0.5, 0.6) is 0 Å². The van der Waals surface area contributed by atoms with Crippen LogP contribution in [0.4, 0.5) is 0 Å². The smallest absolute Gasteiger partial charge is 0.126 e. The van der Waals surface area contributed by atoms with E-state index in [1.807, 2.05) is 12.1 Å². The van der Waals surface area contributed by atoms with Crippen LogP contribution in [-0.2, 0) is 0 Å². The molecule has 0 fully saturated rings. The molecule has 1 heterocycles. The van der Waals surface area contributed by atoms with Gasteiger partial charge in [0.15, 0.2) is 0 Å². The van der Waals surface area contributed by atoms with Gasteiger partial charge in [-0.15, -0.1) is 12.4 Å². The summed E-state index contributed by atoms with van der Waals surface area (Å²) in [7, 11) is 0. The summed E-state index contributed by atoms with van der Waals surface area (Å²) in [6, 6.07) is 5.55. The maximum atomic E-state index is 10.3. The maximum Gasteiger partial charge on any atom is 0.126 e. The highest BCUT2D eigenvalue weighted by Crippen LogP contribution is 2.48. The van der Waals surface area contributed by atoms with Crippen LogP contribution < -0.4 is 5.32 Å². The summed E-state index contributed by atoms with van der Waals surface area (Å²) in [6.07, 6.45) is 4.33. The van der Waals surface area contributed by atoms with E-state index >= 15 is 0 Å². The van der Waals surface area contributed by atoms with E-state index in [-0.39, 0.29) is 24.2 Å². The van der Waals surface area contributed by atoms with Crippen molar-refractivity contribution in [1.29, 1.82) is 0 Å². The average Bonchev–Trinajstić information content (AvgIpc) is 2.77. The van der Waals surface area contributed by atoms with Crippen molar-refractivity contribution in [2.75, 3.05) is 6.54 Å². The van der Waals surface area contributed by atoms with Crippen LogP contribution in [0.2, 0.25) is 10.0 Å². The lowest BCUT2D eigenvalue weighted by molar-refractivity contribution is 0.333. The van der Waals surface area contributed by atoms with Gasteiger partial charge >= 0.3 is 0 Å². The molecule has 6 heteroatoms. The van der Waals surface area contributed by atoms with Crippen LogP contribution in [0.25, 0.3) is 0 Å². The average molecular weight is 387 g/mol. The molecule has 128 valence electrons. The van der Waals surface area contributed by atoms with Crippen molar-refractivity contribution in [1.82, 2.24) is 5.32 Å². The fourth-order valence-electron chi connectivity index (χ4n) is 3.93. The highest BCUT2D eigenvalue weighted by Gasteiger charge is 2.38. The largest absolute Gasteiger partial charge is 0.512 e. The second-order valence-corrected chi connectivity index (χ2v) is 7.12.